The summed E-state index contributed by atoms with van der Waals surface area (Å²) >= 11 is 0. The lowest BCUT2D eigenvalue weighted by Crippen LogP contribution is -2.07. The van der Waals surface area contributed by atoms with E-state index >= 15 is 0 Å². The van der Waals surface area contributed by atoms with Gasteiger partial charge in [-0.05, 0) is 36.4 Å². The number of hydrogen-bond acceptors (Lipinski definition) is 5. The molecule has 0 unspecified atom stereocenters. The highest BCUT2D eigenvalue weighted by Gasteiger charge is 2.08. The highest BCUT2D eigenvalue weighted by molar-refractivity contribution is 5.76. The van der Waals surface area contributed by atoms with Gasteiger partial charge in [0, 0.05) is 12.5 Å². The number of benzene rings is 2. The summed E-state index contributed by atoms with van der Waals surface area (Å²) in [5.41, 5.74) is 0.779. The molecule has 104 valence electrons. The molecule has 1 aromatic heterocycles. The van der Waals surface area contributed by atoms with E-state index in [1.807, 2.05) is 0 Å². The number of aromatic nitrogens is 1. The molecule has 0 radical (unpaired) electrons. The molecular weight excluding hydrogens is 270 g/mol. The zero-order valence-electron chi connectivity index (χ0n) is 11.2. The summed E-state index contributed by atoms with van der Waals surface area (Å²) < 4.78 is 10.6. The fraction of sp³-hybridized carbons (Fsp3) is 0.0625. The summed E-state index contributed by atoms with van der Waals surface area (Å²) in [5, 5.41) is 0.442. The lowest BCUT2D eigenvalue weighted by molar-refractivity contribution is -0.131. The SMILES string of the molecule is CC(=O)Oc1ccc(-c2nc(=O)c3ccccc3o2)cc1. The van der Waals surface area contributed by atoms with E-state index < -0.39 is 5.97 Å². The van der Waals surface area contributed by atoms with Gasteiger partial charge in [-0.15, -0.1) is 0 Å². The third kappa shape index (κ3) is 2.67. The Morgan fingerprint density at radius 1 is 1.10 bits per heavy atom. The molecular formula is C16H11NO4. The fourth-order valence-electron chi connectivity index (χ4n) is 1.97. The van der Waals surface area contributed by atoms with E-state index in [2.05, 4.69) is 4.98 Å². The Labute approximate surface area is 119 Å². The number of fused-ring (bicyclic) bond motifs is 1. The second-order valence-electron chi connectivity index (χ2n) is 4.44. The van der Waals surface area contributed by atoms with E-state index in [0.29, 0.717) is 22.3 Å². The number of para-hydroxylation sites is 1. The van der Waals surface area contributed by atoms with Gasteiger partial charge >= 0.3 is 5.97 Å². The first kappa shape index (κ1) is 13.1. The van der Waals surface area contributed by atoms with Crippen LogP contribution in [0.25, 0.3) is 22.4 Å². The average molecular weight is 281 g/mol. The summed E-state index contributed by atoms with van der Waals surface area (Å²) in [6.07, 6.45) is 0. The number of carbonyl (C=O) groups is 1. The first-order chi connectivity index (χ1) is 10.1. The normalized spacial score (nSPS) is 10.5. The minimum Gasteiger partial charge on any atom is -0.437 e. The number of carbonyl (C=O) groups excluding carboxylic acids is 1. The molecule has 0 saturated heterocycles. The third-order valence-corrected chi connectivity index (χ3v) is 2.89. The van der Waals surface area contributed by atoms with Gasteiger partial charge in [-0.2, -0.15) is 4.98 Å². The molecule has 2 aromatic carbocycles. The molecule has 21 heavy (non-hydrogen) atoms. The van der Waals surface area contributed by atoms with Crippen molar-refractivity contribution in [2.75, 3.05) is 0 Å². The Balaban J connectivity index is 2.04. The first-order valence-electron chi connectivity index (χ1n) is 6.32. The van der Waals surface area contributed by atoms with E-state index in [9.17, 15) is 9.59 Å². The van der Waals surface area contributed by atoms with Crippen LogP contribution in [0.5, 0.6) is 5.75 Å². The van der Waals surface area contributed by atoms with Gasteiger partial charge in [0.15, 0.2) is 0 Å². The number of hydrogen-bond donors (Lipinski definition) is 0. The molecule has 0 aliphatic rings. The molecule has 3 rings (SSSR count). The van der Waals surface area contributed by atoms with Crippen molar-refractivity contribution >= 4 is 16.9 Å². The van der Waals surface area contributed by atoms with Crippen molar-refractivity contribution in [3.05, 3.63) is 58.9 Å². The molecule has 0 bridgehead atoms. The quantitative estimate of drug-likeness (QED) is 0.533. The smallest absolute Gasteiger partial charge is 0.308 e. The van der Waals surface area contributed by atoms with Crippen molar-refractivity contribution in [2.24, 2.45) is 0 Å². The van der Waals surface area contributed by atoms with Gasteiger partial charge in [0.2, 0.25) is 5.89 Å². The summed E-state index contributed by atoms with van der Waals surface area (Å²) in [5.74, 6) is 0.264. The summed E-state index contributed by atoms with van der Waals surface area (Å²) in [6, 6.07) is 13.5. The fourth-order valence-corrected chi connectivity index (χ4v) is 1.97. The van der Waals surface area contributed by atoms with Gasteiger partial charge in [-0.3, -0.25) is 9.59 Å². The maximum atomic E-state index is 11.9. The van der Waals surface area contributed by atoms with Crippen LogP contribution in [0.15, 0.2) is 57.7 Å². The number of rotatable bonds is 2. The van der Waals surface area contributed by atoms with E-state index in [0.717, 1.165) is 0 Å². The number of esters is 1. The number of nitrogens with zero attached hydrogens (tertiary/aromatic N) is 1. The maximum Gasteiger partial charge on any atom is 0.308 e. The van der Waals surface area contributed by atoms with Gasteiger partial charge in [0.25, 0.3) is 5.56 Å². The van der Waals surface area contributed by atoms with Gasteiger partial charge in [-0.1, -0.05) is 12.1 Å². The molecule has 1 heterocycles. The first-order valence-corrected chi connectivity index (χ1v) is 6.32. The molecule has 0 aliphatic carbocycles. The van der Waals surface area contributed by atoms with Crippen LogP contribution in [0, 0.1) is 0 Å². The van der Waals surface area contributed by atoms with Crippen LogP contribution >= 0.6 is 0 Å². The molecule has 0 spiro atoms. The van der Waals surface area contributed by atoms with E-state index in [1.54, 1.807) is 48.5 Å². The molecule has 0 N–H and O–H groups in total. The summed E-state index contributed by atoms with van der Waals surface area (Å²) in [6.45, 7) is 1.33. The van der Waals surface area contributed by atoms with Crippen LogP contribution in [0.3, 0.4) is 0 Å². The lowest BCUT2D eigenvalue weighted by Gasteiger charge is -2.04. The highest BCUT2D eigenvalue weighted by atomic mass is 16.5. The zero-order chi connectivity index (χ0) is 14.8. The van der Waals surface area contributed by atoms with Gasteiger partial charge in [0.05, 0.1) is 5.39 Å². The minimum atomic E-state index is -0.391. The van der Waals surface area contributed by atoms with Gasteiger partial charge < -0.3 is 9.15 Å². The number of ether oxygens (including phenoxy) is 1. The Morgan fingerprint density at radius 3 is 2.52 bits per heavy atom. The second-order valence-corrected chi connectivity index (χ2v) is 4.44. The van der Waals surface area contributed by atoms with Crippen LogP contribution in [-0.2, 0) is 4.79 Å². The Hall–Kier alpha value is -2.95. The van der Waals surface area contributed by atoms with Crippen LogP contribution in [0.2, 0.25) is 0 Å². The molecule has 3 aromatic rings. The standard InChI is InChI=1S/C16H11NO4/c1-10(18)20-12-8-6-11(7-9-12)16-17-15(19)13-4-2-3-5-14(13)21-16/h2-9H,1H3. The molecule has 0 aliphatic heterocycles. The van der Waals surface area contributed by atoms with Crippen LogP contribution < -0.4 is 10.3 Å². The Kier molecular flexibility index (Phi) is 3.23. The molecule has 0 atom stereocenters. The van der Waals surface area contributed by atoms with Crippen molar-refractivity contribution in [3.8, 4) is 17.2 Å². The summed E-state index contributed by atoms with van der Waals surface area (Å²) in [4.78, 5) is 26.7. The van der Waals surface area contributed by atoms with Crippen LogP contribution in [-0.4, -0.2) is 11.0 Å². The van der Waals surface area contributed by atoms with Gasteiger partial charge in [-0.25, -0.2) is 0 Å². The van der Waals surface area contributed by atoms with Crippen molar-refractivity contribution in [2.45, 2.75) is 6.92 Å². The van der Waals surface area contributed by atoms with E-state index in [4.69, 9.17) is 9.15 Å². The molecule has 0 fully saturated rings. The zero-order valence-corrected chi connectivity index (χ0v) is 11.2. The third-order valence-electron chi connectivity index (χ3n) is 2.89. The van der Waals surface area contributed by atoms with E-state index in [-0.39, 0.29) is 11.4 Å². The van der Waals surface area contributed by atoms with Crippen molar-refractivity contribution in [3.63, 3.8) is 0 Å². The lowest BCUT2D eigenvalue weighted by atomic mass is 10.2. The van der Waals surface area contributed by atoms with Crippen molar-refractivity contribution in [1.82, 2.24) is 4.98 Å². The topological polar surface area (TPSA) is 69.4 Å². The van der Waals surface area contributed by atoms with Gasteiger partial charge in [0.1, 0.15) is 11.3 Å². The predicted octanol–water partition coefficient (Wildman–Crippen LogP) is 2.78. The minimum absolute atomic E-state index is 0.230. The van der Waals surface area contributed by atoms with Crippen LogP contribution in [0.4, 0.5) is 0 Å². The maximum absolute atomic E-state index is 11.9. The van der Waals surface area contributed by atoms with Crippen LogP contribution in [0.1, 0.15) is 6.92 Å². The van der Waals surface area contributed by atoms with E-state index in [1.165, 1.54) is 6.92 Å². The molecule has 0 amide bonds. The monoisotopic (exact) mass is 281 g/mol. The molecule has 5 heteroatoms. The second kappa shape index (κ2) is 5.20. The largest absolute Gasteiger partial charge is 0.437 e. The Bertz CT molecular complexity index is 865. The predicted molar refractivity (Wildman–Crippen MR) is 77.0 cm³/mol. The molecule has 0 saturated carbocycles. The average Bonchev–Trinajstić information content (AvgIpc) is 2.47. The van der Waals surface area contributed by atoms with Crippen molar-refractivity contribution in [1.29, 1.82) is 0 Å². The Morgan fingerprint density at radius 2 is 1.81 bits per heavy atom. The summed E-state index contributed by atoms with van der Waals surface area (Å²) in [7, 11) is 0. The highest BCUT2D eigenvalue weighted by Crippen LogP contribution is 2.22. The van der Waals surface area contributed by atoms with Crippen molar-refractivity contribution < 1.29 is 13.9 Å². The molecule has 5 nitrogen and oxygen atoms in total.